The zero-order chi connectivity index (χ0) is 26.6. The summed E-state index contributed by atoms with van der Waals surface area (Å²) >= 11 is 3.23. The van der Waals surface area contributed by atoms with E-state index in [4.69, 9.17) is 9.72 Å². The Morgan fingerprint density at radius 2 is 2.16 bits per heavy atom. The minimum absolute atomic E-state index is 0.0919. The first-order valence-corrected chi connectivity index (χ1v) is 13.5. The summed E-state index contributed by atoms with van der Waals surface area (Å²) in [7, 11) is 0. The maximum absolute atomic E-state index is 12.5. The zero-order valence-electron chi connectivity index (χ0n) is 21.1. The van der Waals surface area contributed by atoms with Crippen molar-refractivity contribution < 1.29 is 28.2 Å². The quantitative estimate of drug-likeness (QED) is 0.156. The lowest BCUT2D eigenvalue weighted by molar-refractivity contribution is -0.895. The van der Waals surface area contributed by atoms with Crippen LogP contribution in [0.2, 0.25) is 0 Å². The number of fused-ring (bicyclic) bond motifs is 1. The molecule has 1 aliphatic heterocycles. The Morgan fingerprint density at radius 3 is 2.92 bits per heavy atom. The summed E-state index contributed by atoms with van der Waals surface area (Å²) in [5.74, 6) is 1.06. The summed E-state index contributed by atoms with van der Waals surface area (Å²) in [6.45, 7) is 3.81. The van der Waals surface area contributed by atoms with E-state index in [0.717, 1.165) is 61.4 Å². The van der Waals surface area contributed by atoms with Crippen LogP contribution in [0.5, 0.6) is 0 Å². The second-order valence-corrected chi connectivity index (χ2v) is 10.1. The van der Waals surface area contributed by atoms with Crippen LogP contribution < -0.4 is 15.4 Å². The molecule has 0 aromatic carbocycles. The Balaban J connectivity index is 1.51. The molecule has 2 aromatic rings. The SMILES string of the molecule is CC(=O)[C@H](CCN(CCCCc1ccc2c(n1)NCCC2)CCOCC(F)F)Nc1ncc(Br)c[n+]1O. The van der Waals surface area contributed by atoms with E-state index in [1.54, 1.807) is 0 Å². The fraction of sp³-hybridized carbons (Fsp3) is 0.600. The summed E-state index contributed by atoms with van der Waals surface area (Å²) in [6.07, 6.45) is 5.77. The second-order valence-electron chi connectivity index (χ2n) is 9.14. The van der Waals surface area contributed by atoms with E-state index in [0.29, 0.717) is 24.0 Å². The Labute approximate surface area is 224 Å². The molecule has 0 aliphatic carbocycles. The van der Waals surface area contributed by atoms with Gasteiger partial charge >= 0.3 is 5.95 Å². The number of ether oxygens (including phenoxy) is 1. The normalized spacial score (nSPS) is 13.9. The van der Waals surface area contributed by atoms with Crippen molar-refractivity contribution >= 4 is 33.5 Å². The molecule has 3 rings (SSSR count). The highest BCUT2D eigenvalue weighted by atomic mass is 79.9. The number of nitrogens with one attached hydrogen (secondary N) is 2. The molecule has 0 amide bonds. The minimum Gasteiger partial charge on any atom is -0.374 e. The van der Waals surface area contributed by atoms with Crippen molar-refractivity contribution in [3.63, 3.8) is 0 Å². The highest BCUT2D eigenvalue weighted by molar-refractivity contribution is 9.10. The molecule has 12 heteroatoms. The molecule has 9 nitrogen and oxygen atoms in total. The zero-order valence-corrected chi connectivity index (χ0v) is 22.7. The Hall–Kier alpha value is -2.44. The number of carbonyl (C=O) groups excluding carboxylic acids is 1. The van der Waals surface area contributed by atoms with Gasteiger partial charge in [-0.15, -0.1) is 0 Å². The molecule has 0 saturated heterocycles. The molecule has 0 radical (unpaired) electrons. The van der Waals surface area contributed by atoms with Gasteiger partial charge in [-0.05, 0) is 73.1 Å². The molecule has 0 fully saturated rings. The summed E-state index contributed by atoms with van der Waals surface area (Å²) in [5, 5.41) is 16.4. The third kappa shape index (κ3) is 10.1. The van der Waals surface area contributed by atoms with Gasteiger partial charge in [-0.3, -0.25) is 10.1 Å². The van der Waals surface area contributed by atoms with Gasteiger partial charge in [0.25, 0.3) is 6.43 Å². The van der Waals surface area contributed by atoms with E-state index >= 15 is 0 Å². The number of Topliss-reactive ketones (excluding diaryl/α,β-unsaturated/α-hetero) is 1. The van der Waals surface area contributed by atoms with E-state index < -0.39 is 19.1 Å². The number of pyridine rings is 1. The van der Waals surface area contributed by atoms with Gasteiger partial charge in [0.2, 0.25) is 0 Å². The minimum atomic E-state index is -2.50. The molecule has 0 saturated carbocycles. The Kier molecular flexibility index (Phi) is 11.9. The second kappa shape index (κ2) is 15.1. The number of aryl methyl sites for hydroxylation is 2. The van der Waals surface area contributed by atoms with E-state index in [9.17, 15) is 18.8 Å². The molecule has 3 N–H and O–H groups in total. The average molecular weight is 587 g/mol. The van der Waals surface area contributed by atoms with Crippen LogP contribution in [0, 0.1) is 0 Å². The molecule has 0 unspecified atom stereocenters. The van der Waals surface area contributed by atoms with Crippen molar-refractivity contribution in [2.75, 3.05) is 50.0 Å². The highest BCUT2D eigenvalue weighted by Crippen LogP contribution is 2.20. The van der Waals surface area contributed by atoms with Gasteiger partial charge < -0.3 is 20.2 Å². The van der Waals surface area contributed by atoms with Gasteiger partial charge in [-0.2, -0.15) is 0 Å². The van der Waals surface area contributed by atoms with E-state index in [-0.39, 0.29) is 18.3 Å². The average Bonchev–Trinajstić information content (AvgIpc) is 2.87. The first-order valence-electron chi connectivity index (χ1n) is 12.7. The molecule has 1 aliphatic rings. The molecule has 3 heterocycles. The lowest BCUT2D eigenvalue weighted by Crippen LogP contribution is -2.41. The van der Waals surface area contributed by atoms with Crippen molar-refractivity contribution in [2.45, 2.75) is 57.9 Å². The molecular weight excluding hydrogens is 550 g/mol. The molecule has 37 heavy (non-hydrogen) atoms. The number of carbonyl (C=O) groups is 1. The number of halogens is 3. The standard InChI is InChI=1S/C25H35BrF2N6O3/c1-18(35)22(32-25-30-15-20(26)16-34(25)36)9-12-33(13-14-37-17-23(27)28)11-3-2-6-21-8-7-19-5-4-10-29-24(19)31-21/h7-8,15-16,22-23,36H,2-6,9-14,17H2,1H3,(H,29,31)/p+1/t22-/m0/s1. The van der Waals surface area contributed by atoms with Gasteiger partial charge in [-0.25, -0.2) is 13.8 Å². The Morgan fingerprint density at radius 1 is 1.32 bits per heavy atom. The third-order valence-corrected chi connectivity index (χ3v) is 6.62. The number of ketones is 1. The fourth-order valence-corrected chi connectivity index (χ4v) is 4.49. The van der Waals surface area contributed by atoms with Gasteiger partial charge in [-0.1, -0.05) is 15.8 Å². The van der Waals surface area contributed by atoms with Gasteiger partial charge in [0.1, 0.15) is 30.9 Å². The van der Waals surface area contributed by atoms with Crippen LogP contribution in [-0.4, -0.2) is 77.7 Å². The number of anilines is 2. The summed E-state index contributed by atoms with van der Waals surface area (Å²) in [6, 6.07) is 3.68. The van der Waals surface area contributed by atoms with Crippen LogP contribution in [0.3, 0.4) is 0 Å². The number of aromatic nitrogens is 3. The van der Waals surface area contributed by atoms with Crippen LogP contribution in [0.25, 0.3) is 0 Å². The van der Waals surface area contributed by atoms with Crippen molar-refractivity contribution in [1.29, 1.82) is 0 Å². The van der Waals surface area contributed by atoms with Crippen LogP contribution in [0.1, 0.15) is 43.9 Å². The van der Waals surface area contributed by atoms with Crippen molar-refractivity contribution in [3.05, 3.63) is 40.3 Å². The predicted molar refractivity (Wildman–Crippen MR) is 139 cm³/mol. The molecule has 2 aromatic heterocycles. The maximum atomic E-state index is 12.5. The summed E-state index contributed by atoms with van der Waals surface area (Å²) < 4.78 is 31.4. The number of hydrogen-bond acceptors (Lipinski definition) is 8. The molecular formula is C25H36BrF2N6O3+. The van der Waals surface area contributed by atoms with Crippen LogP contribution >= 0.6 is 15.9 Å². The first kappa shape index (κ1) is 29.1. The third-order valence-electron chi connectivity index (χ3n) is 6.21. The predicted octanol–water partition coefficient (Wildman–Crippen LogP) is 3.49. The van der Waals surface area contributed by atoms with Gasteiger partial charge in [0.15, 0.2) is 5.78 Å². The van der Waals surface area contributed by atoms with Gasteiger partial charge in [0, 0.05) is 31.7 Å². The van der Waals surface area contributed by atoms with E-state index in [1.807, 2.05) is 0 Å². The smallest absolute Gasteiger partial charge is 0.374 e. The van der Waals surface area contributed by atoms with Crippen LogP contribution in [0.15, 0.2) is 29.0 Å². The van der Waals surface area contributed by atoms with Crippen molar-refractivity contribution in [1.82, 2.24) is 14.9 Å². The largest absolute Gasteiger partial charge is 0.428 e. The lowest BCUT2D eigenvalue weighted by atomic mass is 10.1. The fourth-order valence-electron chi connectivity index (χ4n) is 4.19. The molecule has 204 valence electrons. The number of unbranched alkanes of at least 4 members (excludes halogenated alkanes) is 1. The van der Waals surface area contributed by atoms with Crippen molar-refractivity contribution in [3.8, 4) is 0 Å². The Bertz CT molecular complexity index is 1020. The molecule has 0 bridgehead atoms. The summed E-state index contributed by atoms with van der Waals surface area (Å²) in [4.78, 5) is 23.2. The number of hydrogen-bond donors (Lipinski definition) is 3. The van der Waals surface area contributed by atoms with Crippen LogP contribution in [0.4, 0.5) is 20.5 Å². The maximum Gasteiger partial charge on any atom is 0.428 e. The monoisotopic (exact) mass is 585 g/mol. The topological polar surface area (TPSA) is 103 Å². The van der Waals surface area contributed by atoms with E-state index in [1.165, 1.54) is 24.9 Å². The number of rotatable bonds is 16. The number of alkyl halides is 2. The van der Waals surface area contributed by atoms with E-state index in [2.05, 4.69) is 48.6 Å². The first-order chi connectivity index (χ1) is 17.8. The highest BCUT2D eigenvalue weighted by Gasteiger charge is 2.23. The molecule has 0 spiro atoms. The van der Waals surface area contributed by atoms with Crippen molar-refractivity contribution in [2.24, 2.45) is 0 Å². The number of nitrogens with zero attached hydrogens (tertiary/aromatic N) is 4. The van der Waals surface area contributed by atoms with Gasteiger partial charge in [0.05, 0.1) is 11.1 Å². The lowest BCUT2D eigenvalue weighted by Gasteiger charge is -2.24. The molecule has 1 atom stereocenters. The van der Waals surface area contributed by atoms with Crippen LogP contribution in [-0.2, 0) is 22.4 Å². The summed E-state index contributed by atoms with van der Waals surface area (Å²) in [5.41, 5.74) is 2.32.